The third kappa shape index (κ3) is 2.75. The van der Waals surface area contributed by atoms with Crippen molar-refractivity contribution >= 4 is 27.5 Å². The molecule has 5 nitrogen and oxygen atoms in total. The maximum absolute atomic E-state index is 12.4. The maximum atomic E-state index is 12.4. The molecule has 19 heavy (non-hydrogen) atoms. The summed E-state index contributed by atoms with van der Waals surface area (Å²) in [6.07, 6.45) is -0.168. The van der Waals surface area contributed by atoms with E-state index in [0.717, 1.165) is 4.31 Å². The molecule has 1 aromatic rings. The molecule has 0 saturated carbocycles. The minimum atomic E-state index is -3.91. The van der Waals surface area contributed by atoms with Crippen molar-refractivity contribution in [3.05, 3.63) is 29.3 Å². The van der Waals surface area contributed by atoms with Gasteiger partial charge in [-0.15, -0.1) is 0 Å². The minimum absolute atomic E-state index is 0.0000435. The highest BCUT2D eigenvalue weighted by molar-refractivity contribution is 7.89. The SMILES string of the molecule is CCOC1CCC(=O)N1S(=O)(=O)c1cccc(Cl)c1. The van der Waals surface area contributed by atoms with Crippen LogP contribution in [0.4, 0.5) is 0 Å². The Morgan fingerprint density at radius 2 is 2.21 bits per heavy atom. The molecule has 1 unspecified atom stereocenters. The first-order chi connectivity index (χ1) is 8.96. The van der Waals surface area contributed by atoms with E-state index in [2.05, 4.69) is 0 Å². The van der Waals surface area contributed by atoms with E-state index >= 15 is 0 Å². The fraction of sp³-hybridized carbons (Fsp3) is 0.417. The van der Waals surface area contributed by atoms with E-state index in [0.29, 0.717) is 18.1 Å². The van der Waals surface area contributed by atoms with Gasteiger partial charge in [0.05, 0.1) is 4.90 Å². The number of hydrogen-bond acceptors (Lipinski definition) is 4. The van der Waals surface area contributed by atoms with Gasteiger partial charge in [0, 0.05) is 24.5 Å². The van der Waals surface area contributed by atoms with Crippen LogP contribution in [0, 0.1) is 0 Å². The zero-order chi connectivity index (χ0) is 14.0. The fourth-order valence-electron chi connectivity index (χ4n) is 2.01. The predicted molar refractivity (Wildman–Crippen MR) is 70.1 cm³/mol. The molecule has 1 saturated heterocycles. The van der Waals surface area contributed by atoms with Crippen molar-refractivity contribution in [2.45, 2.75) is 30.9 Å². The van der Waals surface area contributed by atoms with Crippen molar-refractivity contribution in [3.63, 3.8) is 0 Å². The normalized spacial score (nSPS) is 20.0. The Labute approximate surface area is 117 Å². The average Bonchev–Trinajstić information content (AvgIpc) is 2.71. The van der Waals surface area contributed by atoms with E-state index in [1.54, 1.807) is 13.0 Å². The van der Waals surface area contributed by atoms with Crippen molar-refractivity contribution in [3.8, 4) is 0 Å². The number of carbonyl (C=O) groups is 1. The standard InChI is InChI=1S/C12H14ClNO4S/c1-2-18-12-7-6-11(15)14(12)19(16,17)10-5-3-4-9(13)8-10/h3-5,8,12H,2,6-7H2,1H3. The molecule has 1 heterocycles. The fourth-order valence-corrected chi connectivity index (χ4v) is 3.85. The Morgan fingerprint density at radius 1 is 1.47 bits per heavy atom. The molecule has 0 aromatic heterocycles. The predicted octanol–water partition coefficient (Wildman–Crippen LogP) is 2.01. The van der Waals surface area contributed by atoms with Gasteiger partial charge in [-0.3, -0.25) is 4.79 Å². The van der Waals surface area contributed by atoms with Gasteiger partial charge in [0.15, 0.2) is 0 Å². The summed E-state index contributed by atoms with van der Waals surface area (Å²) < 4.78 is 31.0. The van der Waals surface area contributed by atoms with Gasteiger partial charge < -0.3 is 4.74 Å². The molecule has 1 fully saturated rings. The highest BCUT2D eigenvalue weighted by Gasteiger charge is 2.41. The average molecular weight is 304 g/mol. The second-order valence-corrected chi connectivity index (χ2v) is 6.35. The van der Waals surface area contributed by atoms with Crippen LogP contribution in [0.1, 0.15) is 19.8 Å². The van der Waals surface area contributed by atoms with Crippen molar-refractivity contribution in [2.75, 3.05) is 6.61 Å². The van der Waals surface area contributed by atoms with Crippen molar-refractivity contribution in [2.24, 2.45) is 0 Å². The Bertz CT molecular complexity index is 587. The van der Waals surface area contributed by atoms with Gasteiger partial charge in [0.1, 0.15) is 6.23 Å². The molecular formula is C12H14ClNO4S. The van der Waals surface area contributed by atoms with Crippen LogP contribution in [0.5, 0.6) is 0 Å². The molecule has 1 aromatic carbocycles. The molecule has 0 aliphatic carbocycles. The summed E-state index contributed by atoms with van der Waals surface area (Å²) in [7, 11) is -3.91. The molecule has 1 aliphatic rings. The van der Waals surface area contributed by atoms with Gasteiger partial charge in [-0.1, -0.05) is 17.7 Å². The zero-order valence-electron chi connectivity index (χ0n) is 10.4. The summed E-state index contributed by atoms with van der Waals surface area (Å²) in [6.45, 7) is 2.10. The number of amides is 1. The number of halogens is 1. The molecule has 0 radical (unpaired) electrons. The molecule has 0 N–H and O–H groups in total. The number of nitrogens with zero attached hydrogens (tertiary/aromatic N) is 1. The summed E-state index contributed by atoms with van der Waals surface area (Å²) >= 11 is 5.79. The third-order valence-electron chi connectivity index (χ3n) is 2.82. The molecular weight excluding hydrogens is 290 g/mol. The van der Waals surface area contributed by atoms with Crippen LogP contribution in [0.3, 0.4) is 0 Å². The maximum Gasteiger partial charge on any atom is 0.268 e. The van der Waals surface area contributed by atoms with Crippen LogP contribution in [-0.2, 0) is 19.6 Å². The Kier molecular flexibility index (Phi) is 4.13. The Morgan fingerprint density at radius 3 is 2.84 bits per heavy atom. The van der Waals surface area contributed by atoms with Crippen molar-refractivity contribution in [1.82, 2.24) is 4.31 Å². The zero-order valence-corrected chi connectivity index (χ0v) is 11.9. The van der Waals surface area contributed by atoms with E-state index in [1.165, 1.54) is 18.2 Å². The number of hydrogen-bond donors (Lipinski definition) is 0. The molecule has 7 heteroatoms. The number of rotatable bonds is 4. The molecule has 1 amide bonds. The second kappa shape index (κ2) is 5.48. The number of benzene rings is 1. The highest BCUT2D eigenvalue weighted by Crippen LogP contribution is 2.28. The van der Waals surface area contributed by atoms with Gasteiger partial charge in [-0.25, -0.2) is 12.7 Å². The van der Waals surface area contributed by atoms with E-state index in [1.807, 2.05) is 0 Å². The van der Waals surface area contributed by atoms with Crippen molar-refractivity contribution in [1.29, 1.82) is 0 Å². The van der Waals surface area contributed by atoms with Crippen LogP contribution in [-0.4, -0.2) is 31.5 Å². The van der Waals surface area contributed by atoms with Gasteiger partial charge >= 0.3 is 0 Å². The first-order valence-electron chi connectivity index (χ1n) is 5.91. The Hall–Kier alpha value is -1.11. The molecule has 1 atom stereocenters. The minimum Gasteiger partial charge on any atom is -0.357 e. The van der Waals surface area contributed by atoms with Crippen molar-refractivity contribution < 1.29 is 17.9 Å². The monoisotopic (exact) mass is 303 g/mol. The molecule has 0 bridgehead atoms. The van der Waals surface area contributed by atoms with Crippen LogP contribution < -0.4 is 0 Å². The summed E-state index contributed by atoms with van der Waals surface area (Å²) in [5.41, 5.74) is 0. The third-order valence-corrected chi connectivity index (χ3v) is 4.87. The van der Waals surface area contributed by atoms with Crippen LogP contribution in [0.25, 0.3) is 0 Å². The van der Waals surface area contributed by atoms with Gasteiger partial charge in [0.25, 0.3) is 10.0 Å². The largest absolute Gasteiger partial charge is 0.357 e. The van der Waals surface area contributed by atoms with Crippen LogP contribution in [0.2, 0.25) is 5.02 Å². The van der Waals surface area contributed by atoms with Gasteiger partial charge in [-0.2, -0.15) is 0 Å². The lowest BCUT2D eigenvalue weighted by atomic mass is 10.3. The summed E-state index contributed by atoms with van der Waals surface area (Å²) in [4.78, 5) is 11.8. The molecule has 104 valence electrons. The first-order valence-corrected chi connectivity index (χ1v) is 7.73. The number of sulfonamides is 1. The Balaban J connectivity index is 2.40. The quantitative estimate of drug-likeness (QED) is 0.853. The van der Waals surface area contributed by atoms with Gasteiger partial charge in [-0.05, 0) is 25.1 Å². The lowest BCUT2D eigenvalue weighted by Crippen LogP contribution is -2.40. The highest BCUT2D eigenvalue weighted by atomic mass is 35.5. The van der Waals surface area contributed by atoms with E-state index < -0.39 is 22.2 Å². The smallest absolute Gasteiger partial charge is 0.268 e. The van der Waals surface area contributed by atoms with E-state index in [9.17, 15) is 13.2 Å². The molecule has 0 spiro atoms. The summed E-state index contributed by atoms with van der Waals surface area (Å²) in [5, 5.41) is 0.306. The second-order valence-electron chi connectivity index (χ2n) is 4.10. The number of carbonyl (C=O) groups excluding carboxylic acids is 1. The van der Waals surface area contributed by atoms with Crippen LogP contribution in [0.15, 0.2) is 29.2 Å². The lowest BCUT2D eigenvalue weighted by molar-refractivity contribution is -0.128. The lowest BCUT2D eigenvalue weighted by Gasteiger charge is -2.24. The first kappa shape index (κ1) is 14.3. The number of ether oxygens (including phenoxy) is 1. The topological polar surface area (TPSA) is 63.7 Å². The molecule has 2 rings (SSSR count). The summed E-state index contributed by atoms with van der Waals surface area (Å²) in [6, 6.07) is 5.85. The molecule has 1 aliphatic heterocycles. The van der Waals surface area contributed by atoms with Gasteiger partial charge in [0.2, 0.25) is 5.91 Å². The van der Waals surface area contributed by atoms with E-state index in [-0.39, 0.29) is 11.3 Å². The summed E-state index contributed by atoms with van der Waals surface area (Å²) in [5.74, 6) is -0.446. The van der Waals surface area contributed by atoms with E-state index in [4.69, 9.17) is 16.3 Å². The van der Waals surface area contributed by atoms with Crippen LogP contribution >= 0.6 is 11.6 Å².